The van der Waals surface area contributed by atoms with E-state index in [0.29, 0.717) is 0 Å². The number of carbonyl (C=O) groups excluding carboxylic acids is 1. The fourth-order valence-electron chi connectivity index (χ4n) is 1.47. The fourth-order valence-corrected chi connectivity index (χ4v) is 1.47. The minimum Gasteiger partial charge on any atom is -0.480 e. The second-order valence-corrected chi connectivity index (χ2v) is 4.25. The van der Waals surface area contributed by atoms with Crippen LogP contribution in [0.15, 0.2) is 30.3 Å². The van der Waals surface area contributed by atoms with E-state index >= 15 is 0 Å². The number of benzene rings is 1. The average molecular weight is 310 g/mol. The topological polar surface area (TPSA) is 147 Å². The molecule has 1 aromatic rings. The number of carboxylic acids is 1. The first-order valence-electron chi connectivity index (χ1n) is 6.41. The molecule has 9 nitrogen and oxygen atoms in total. The van der Waals surface area contributed by atoms with Gasteiger partial charge in [0.1, 0.15) is 12.6 Å². The zero-order chi connectivity index (χ0) is 16.4. The van der Waals surface area contributed by atoms with Gasteiger partial charge in [0.05, 0.1) is 6.61 Å². The van der Waals surface area contributed by atoms with Crippen LogP contribution in [0.2, 0.25) is 0 Å². The Morgan fingerprint density at radius 1 is 1.32 bits per heavy atom. The molecule has 1 rings (SSSR count). The summed E-state index contributed by atoms with van der Waals surface area (Å²) in [5.41, 5.74) is 7.84. The summed E-state index contributed by atoms with van der Waals surface area (Å²) >= 11 is 0. The van der Waals surface area contributed by atoms with Crippen LogP contribution in [0.3, 0.4) is 0 Å². The van der Waals surface area contributed by atoms with Crippen molar-refractivity contribution in [2.45, 2.75) is 19.1 Å². The van der Waals surface area contributed by atoms with E-state index in [2.05, 4.69) is 10.8 Å². The Morgan fingerprint density at radius 3 is 2.59 bits per heavy atom. The van der Waals surface area contributed by atoms with Crippen LogP contribution in [0.25, 0.3) is 0 Å². The molecule has 6 N–H and O–H groups in total. The summed E-state index contributed by atoms with van der Waals surface area (Å²) in [6, 6.07) is 7.83. The molecule has 120 valence electrons. The van der Waals surface area contributed by atoms with E-state index < -0.39 is 24.1 Å². The number of carboxylic acid groups (broad SMARTS) is 1. The molecule has 0 unspecified atom stereocenters. The molecule has 0 saturated carbocycles. The van der Waals surface area contributed by atoms with Gasteiger partial charge in [-0.3, -0.25) is 10.2 Å². The van der Waals surface area contributed by atoms with Gasteiger partial charge in [-0.1, -0.05) is 30.3 Å². The van der Waals surface area contributed by atoms with E-state index in [1.807, 2.05) is 6.07 Å². The Morgan fingerprint density at radius 2 is 2.00 bits per heavy atom. The lowest BCUT2D eigenvalue weighted by Gasteiger charge is -2.14. The van der Waals surface area contributed by atoms with Crippen molar-refractivity contribution in [3.05, 3.63) is 35.9 Å². The molecule has 0 aliphatic carbocycles. The Hall–Kier alpha value is -2.81. The Kier molecular flexibility index (Phi) is 7.20. The molecule has 0 heterocycles. The number of hydrogen-bond acceptors (Lipinski definition) is 5. The van der Waals surface area contributed by atoms with E-state index in [-0.39, 0.29) is 19.6 Å². The highest BCUT2D eigenvalue weighted by molar-refractivity contribution is 5.79. The van der Waals surface area contributed by atoms with Crippen LogP contribution >= 0.6 is 0 Å². The Labute approximate surface area is 126 Å². The second-order valence-electron chi connectivity index (χ2n) is 4.25. The number of ether oxygens (including phenoxy) is 1. The summed E-state index contributed by atoms with van der Waals surface area (Å²) in [6.07, 6.45) is -0.855. The number of guanidine groups is 1. The third-order valence-corrected chi connectivity index (χ3v) is 2.49. The summed E-state index contributed by atoms with van der Waals surface area (Å²) in [5.74, 6) is -1.62. The number of hydrogen-bond donors (Lipinski definition) is 5. The fraction of sp³-hybridized carbons (Fsp3) is 0.308. The van der Waals surface area contributed by atoms with Gasteiger partial charge in [0.2, 0.25) is 5.96 Å². The number of rotatable bonds is 8. The van der Waals surface area contributed by atoms with Gasteiger partial charge in [-0.2, -0.15) is 0 Å². The zero-order valence-electron chi connectivity index (χ0n) is 11.7. The van der Waals surface area contributed by atoms with E-state index in [1.165, 1.54) is 0 Å². The quantitative estimate of drug-likeness (QED) is 0.199. The van der Waals surface area contributed by atoms with Crippen molar-refractivity contribution in [3.8, 4) is 0 Å². The van der Waals surface area contributed by atoms with Crippen LogP contribution in [0.5, 0.6) is 0 Å². The van der Waals surface area contributed by atoms with Crippen LogP contribution in [-0.4, -0.2) is 35.8 Å². The number of carbonyl (C=O) groups is 2. The van der Waals surface area contributed by atoms with Gasteiger partial charge in [0.15, 0.2) is 0 Å². The average Bonchev–Trinajstić information content (AvgIpc) is 2.48. The highest BCUT2D eigenvalue weighted by atomic mass is 16.6. The summed E-state index contributed by atoms with van der Waals surface area (Å²) < 4.78 is 4.93. The van der Waals surface area contributed by atoms with Crippen LogP contribution in [-0.2, 0) is 21.0 Å². The molecule has 1 amide bonds. The molecule has 1 aromatic carbocycles. The minimum atomic E-state index is -1.22. The normalized spacial score (nSPS) is 11.3. The summed E-state index contributed by atoms with van der Waals surface area (Å²) in [5, 5.41) is 18.1. The molecule has 0 fully saturated rings. The highest BCUT2D eigenvalue weighted by Crippen LogP contribution is 2.01. The van der Waals surface area contributed by atoms with E-state index in [4.69, 9.17) is 25.8 Å². The van der Waals surface area contributed by atoms with E-state index in [0.717, 1.165) is 5.56 Å². The summed E-state index contributed by atoms with van der Waals surface area (Å²) in [6.45, 7) is -0.0169. The van der Waals surface area contributed by atoms with Gasteiger partial charge in [-0.05, 0) is 5.56 Å². The van der Waals surface area contributed by atoms with Crippen LogP contribution in [0, 0.1) is 5.41 Å². The second kappa shape index (κ2) is 9.19. The summed E-state index contributed by atoms with van der Waals surface area (Å²) in [4.78, 5) is 27.3. The molecule has 9 heteroatoms. The van der Waals surface area contributed by atoms with Gasteiger partial charge in [-0.15, -0.1) is 0 Å². The molecule has 0 aromatic heterocycles. The van der Waals surface area contributed by atoms with E-state index in [9.17, 15) is 9.59 Å². The highest BCUT2D eigenvalue weighted by Gasteiger charge is 2.20. The predicted octanol–water partition coefficient (Wildman–Crippen LogP) is 0.171. The number of aliphatic carboxylic acids is 1. The molecule has 1 atom stereocenters. The number of nitrogens with two attached hydrogens (primary N) is 1. The van der Waals surface area contributed by atoms with Gasteiger partial charge in [-0.25, -0.2) is 15.1 Å². The molecule has 0 spiro atoms. The van der Waals surface area contributed by atoms with Crippen molar-refractivity contribution < 1.29 is 24.3 Å². The van der Waals surface area contributed by atoms with Crippen LogP contribution in [0.1, 0.15) is 12.0 Å². The largest absolute Gasteiger partial charge is 0.480 e. The Balaban J connectivity index is 2.34. The number of hydroxylamine groups is 1. The SMILES string of the molecule is N=C(N)NOCC[C@H](NC(=O)OCc1ccccc1)C(=O)O. The first kappa shape index (κ1) is 17.2. The van der Waals surface area contributed by atoms with Crippen LogP contribution < -0.4 is 16.5 Å². The Bertz CT molecular complexity index is 508. The predicted molar refractivity (Wildman–Crippen MR) is 76.8 cm³/mol. The van der Waals surface area contributed by atoms with Crippen molar-refractivity contribution in [1.82, 2.24) is 10.8 Å². The van der Waals surface area contributed by atoms with Gasteiger partial charge < -0.3 is 20.9 Å². The molecular formula is C13H18N4O5. The van der Waals surface area contributed by atoms with Crippen LogP contribution in [0.4, 0.5) is 4.79 Å². The number of amides is 1. The molecule has 0 bridgehead atoms. The smallest absolute Gasteiger partial charge is 0.408 e. The molecule has 0 radical (unpaired) electrons. The van der Waals surface area contributed by atoms with Crippen molar-refractivity contribution in [2.75, 3.05) is 6.61 Å². The van der Waals surface area contributed by atoms with Crippen molar-refractivity contribution in [1.29, 1.82) is 5.41 Å². The first-order chi connectivity index (χ1) is 10.5. The molecular weight excluding hydrogens is 292 g/mol. The standard InChI is InChI=1S/C13H18N4O5/c14-12(15)17-22-7-6-10(11(18)19)16-13(20)21-8-9-4-2-1-3-5-9/h1-5,10H,6-8H2,(H,16,20)(H,18,19)(H4,14,15,17)/t10-/m0/s1. The maximum atomic E-state index is 11.6. The number of alkyl carbamates (subject to hydrolysis) is 1. The van der Waals surface area contributed by atoms with Gasteiger partial charge in [0.25, 0.3) is 0 Å². The maximum Gasteiger partial charge on any atom is 0.408 e. The summed E-state index contributed by atoms with van der Waals surface area (Å²) in [7, 11) is 0. The zero-order valence-corrected chi connectivity index (χ0v) is 11.7. The van der Waals surface area contributed by atoms with Gasteiger partial charge >= 0.3 is 12.1 Å². The maximum absolute atomic E-state index is 11.6. The van der Waals surface area contributed by atoms with Gasteiger partial charge in [0, 0.05) is 6.42 Å². The molecule has 0 saturated heterocycles. The number of nitrogens with one attached hydrogen (secondary N) is 3. The van der Waals surface area contributed by atoms with E-state index in [1.54, 1.807) is 24.3 Å². The lowest BCUT2D eigenvalue weighted by molar-refractivity contribution is -0.140. The molecule has 0 aliphatic rings. The third kappa shape index (κ3) is 7.10. The molecule has 0 aliphatic heterocycles. The molecule has 22 heavy (non-hydrogen) atoms. The van der Waals surface area contributed by atoms with Crippen molar-refractivity contribution >= 4 is 18.0 Å². The monoisotopic (exact) mass is 310 g/mol. The van der Waals surface area contributed by atoms with Crippen molar-refractivity contribution in [2.24, 2.45) is 5.73 Å². The lowest BCUT2D eigenvalue weighted by atomic mass is 10.2. The lowest BCUT2D eigenvalue weighted by Crippen LogP contribution is -2.42. The third-order valence-electron chi connectivity index (χ3n) is 2.49. The van der Waals surface area contributed by atoms with Crippen molar-refractivity contribution in [3.63, 3.8) is 0 Å². The minimum absolute atomic E-state index is 0.0178. The first-order valence-corrected chi connectivity index (χ1v) is 6.41.